The molecule has 94 valence electrons. The van der Waals surface area contributed by atoms with E-state index in [-0.39, 0.29) is 0 Å². The number of hydrogen-bond acceptors (Lipinski definition) is 2. The fourth-order valence-corrected chi connectivity index (χ4v) is 3.01. The van der Waals surface area contributed by atoms with Crippen LogP contribution in [0.1, 0.15) is 20.3 Å². The van der Waals surface area contributed by atoms with Crippen molar-refractivity contribution in [3.63, 3.8) is 0 Å². The van der Waals surface area contributed by atoms with Crippen molar-refractivity contribution in [3.05, 3.63) is 28.7 Å². The van der Waals surface area contributed by atoms with Crippen LogP contribution in [0.15, 0.2) is 28.7 Å². The van der Waals surface area contributed by atoms with Crippen LogP contribution < -0.4 is 10.2 Å². The van der Waals surface area contributed by atoms with E-state index in [1.54, 1.807) is 0 Å². The Labute approximate surface area is 113 Å². The lowest BCUT2D eigenvalue weighted by Gasteiger charge is -2.38. The molecule has 3 heteroatoms. The quantitative estimate of drug-likeness (QED) is 0.921. The van der Waals surface area contributed by atoms with Crippen LogP contribution in [0.5, 0.6) is 0 Å². The molecule has 2 unspecified atom stereocenters. The highest BCUT2D eigenvalue weighted by Gasteiger charge is 2.25. The predicted molar refractivity (Wildman–Crippen MR) is 77.6 cm³/mol. The second-order valence-corrected chi connectivity index (χ2v) is 5.77. The van der Waals surface area contributed by atoms with Crippen LogP contribution in [0.4, 0.5) is 5.69 Å². The minimum Gasteiger partial charge on any atom is -0.371 e. The molecular weight excluding hydrogens is 276 g/mol. The summed E-state index contributed by atoms with van der Waals surface area (Å²) in [7, 11) is 0. The summed E-state index contributed by atoms with van der Waals surface area (Å²) < 4.78 is 1.16. The zero-order chi connectivity index (χ0) is 12.3. The van der Waals surface area contributed by atoms with Gasteiger partial charge in [0.15, 0.2) is 0 Å². The molecule has 1 N–H and O–H groups in total. The summed E-state index contributed by atoms with van der Waals surface area (Å²) in [4.78, 5) is 2.49. The van der Waals surface area contributed by atoms with Crippen molar-refractivity contribution >= 4 is 21.6 Å². The summed E-state index contributed by atoms with van der Waals surface area (Å²) in [5.41, 5.74) is 1.33. The molecule has 0 aromatic heterocycles. The van der Waals surface area contributed by atoms with E-state index < -0.39 is 0 Å². The molecule has 0 bridgehead atoms. The fraction of sp³-hybridized carbons (Fsp3) is 0.571. The smallest absolute Gasteiger partial charge is 0.0377 e. The largest absolute Gasteiger partial charge is 0.371 e. The average Bonchev–Trinajstić information content (AvgIpc) is 2.32. The molecule has 1 aliphatic rings. The summed E-state index contributed by atoms with van der Waals surface area (Å²) in [6.45, 7) is 7.91. The van der Waals surface area contributed by atoms with Crippen LogP contribution in [-0.4, -0.2) is 25.7 Å². The van der Waals surface area contributed by atoms with Gasteiger partial charge in [0.25, 0.3) is 0 Å². The first kappa shape index (κ1) is 12.9. The third-order valence-electron chi connectivity index (χ3n) is 3.54. The van der Waals surface area contributed by atoms with Gasteiger partial charge < -0.3 is 10.2 Å². The Kier molecular flexibility index (Phi) is 4.46. The number of benzene rings is 1. The predicted octanol–water partition coefficient (Wildman–Crippen LogP) is 3.27. The summed E-state index contributed by atoms with van der Waals surface area (Å²) in [6.07, 6.45) is 1.24. The molecule has 0 aliphatic carbocycles. The van der Waals surface area contributed by atoms with Gasteiger partial charge in [-0.3, -0.25) is 0 Å². The molecule has 0 radical (unpaired) electrons. The number of nitrogens with zero attached hydrogens (tertiary/aromatic N) is 1. The van der Waals surface area contributed by atoms with Gasteiger partial charge >= 0.3 is 0 Å². The second-order valence-electron chi connectivity index (χ2n) is 4.86. The third-order valence-corrected chi connectivity index (χ3v) is 4.04. The lowest BCUT2D eigenvalue weighted by atomic mass is 9.93. The van der Waals surface area contributed by atoms with Gasteiger partial charge in [0.05, 0.1) is 0 Å². The maximum Gasteiger partial charge on any atom is 0.0377 e. The fourth-order valence-electron chi connectivity index (χ4n) is 2.62. The number of piperidine rings is 1. The van der Waals surface area contributed by atoms with Crippen LogP contribution in [0.25, 0.3) is 0 Å². The van der Waals surface area contributed by atoms with Gasteiger partial charge in [-0.25, -0.2) is 0 Å². The number of halogens is 1. The Morgan fingerprint density at radius 2 is 2.29 bits per heavy atom. The Morgan fingerprint density at radius 3 is 2.94 bits per heavy atom. The Bertz CT molecular complexity index is 367. The normalized spacial score (nSPS) is 25.0. The van der Waals surface area contributed by atoms with Gasteiger partial charge in [0.2, 0.25) is 0 Å². The van der Waals surface area contributed by atoms with Gasteiger partial charge in [0.1, 0.15) is 0 Å². The van der Waals surface area contributed by atoms with Crippen LogP contribution >= 0.6 is 15.9 Å². The van der Waals surface area contributed by atoms with Crippen molar-refractivity contribution in [2.45, 2.75) is 26.3 Å². The summed E-state index contributed by atoms with van der Waals surface area (Å²) in [5, 5.41) is 3.58. The highest BCUT2D eigenvalue weighted by atomic mass is 79.9. The maximum absolute atomic E-state index is 3.58. The first-order valence-electron chi connectivity index (χ1n) is 6.44. The van der Waals surface area contributed by atoms with Crippen LogP contribution in [0.2, 0.25) is 0 Å². The highest BCUT2D eigenvalue weighted by Crippen LogP contribution is 2.25. The van der Waals surface area contributed by atoms with E-state index in [1.807, 2.05) is 0 Å². The van der Waals surface area contributed by atoms with E-state index in [0.717, 1.165) is 24.1 Å². The van der Waals surface area contributed by atoms with Crippen molar-refractivity contribution in [2.24, 2.45) is 5.92 Å². The van der Waals surface area contributed by atoms with Gasteiger partial charge in [0, 0.05) is 29.3 Å². The molecule has 1 saturated heterocycles. The minimum atomic E-state index is 0.684. The Balaban J connectivity index is 2.01. The molecule has 1 aliphatic heterocycles. The molecule has 0 saturated carbocycles. The topological polar surface area (TPSA) is 15.3 Å². The van der Waals surface area contributed by atoms with Crippen molar-refractivity contribution in [1.29, 1.82) is 0 Å². The van der Waals surface area contributed by atoms with E-state index in [4.69, 9.17) is 0 Å². The Morgan fingerprint density at radius 1 is 1.47 bits per heavy atom. The van der Waals surface area contributed by atoms with Crippen molar-refractivity contribution in [1.82, 2.24) is 5.32 Å². The first-order chi connectivity index (χ1) is 8.20. The average molecular weight is 297 g/mol. The first-order valence-corrected chi connectivity index (χ1v) is 7.24. The molecule has 17 heavy (non-hydrogen) atoms. The molecular formula is C14H21BrN2. The SMILES string of the molecule is CCNC1CCN(c2cccc(Br)c2)CC1C. The van der Waals surface area contributed by atoms with E-state index in [9.17, 15) is 0 Å². The molecule has 1 fully saturated rings. The molecule has 2 nitrogen and oxygen atoms in total. The molecule has 1 heterocycles. The van der Waals surface area contributed by atoms with E-state index in [1.165, 1.54) is 12.1 Å². The number of anilines is 1. The molecule has 0 spiro atoms. The standard InChI is InChI=1S/C14H21BrN2/c1-3-16-14-7-8-17(10-11(14)2)13-6-4-5-12(15)9-13/h4-6,9,11,14,16H,3,7-8,10H2,1-2H3. The highest BCUT2D eigenvalue weighted by molar-refractivity contribution is 9.10. The van der Waals surface area contributed by atoms with E-state index in [0.29, 0.717) is 12.0 Å². The monoisotopic (exact) mass is 296 g/mol. The van der Waals surface area contributed by atoms with Gasteiger partial charge in [-0.2, -0.15) is 0 Å². The third kappa shape index (κ3) is 3.23. The van der Waals surface area contributed by atoms with E-state index >= 15 is 0 Å². The van der Waals surface area contributed by atoms with Gasteiger partial charge in [-0.1, -0.05) is 35.8 Å². The maximum atomic E-state index is 3.58. The minimum absolute atomic E-state index is 0.684. The molecule has 1 aromatic rings. The lowest BCUT2D eigenvalue weighted by molar-refractivity contribution is 0.327. The van der Waals surface area contributed by atoms with Crippen molar-refractivity contribution < 1.29 is 0 Å². The van der Waals surface area contributed by atoms with Crippen LogP contribution in [-0.2, 0) is 0 Å². The number of nitrogens with one attached hydrogen (secondary N) is 1. The van der Waals surface area contributed by atoms with E-state index in [2.05, 4.69) is 64.3 Å². The van der Waals surface area contributed by atoms with Crippen LogP contribution in [0, 0.1) is 5.92 Å². The summed E-state index contributed by atoms with van der Waals surface area (Å²) >= 11 is 3.54. The Hall–Kier alpha value is -0.540. The van der Waals surface area contributed by atoms with Crippen molar-refractivity contribution in [3.8, 4) is 0 Å². The molecule has 0 amide bonds. The molecule has 2 rings (SSSR count). The zero-order valence-electron chi connectivity index (χ0n) is 10.6. The van der Waals surface area contributed by atoms with Crippen molar-refractivity contribution in [2.75, 3.05) is 24.5 Å². The number of hydrogen-bond donors (Lipinski definition) is 1. The summed E-state index contributed by atoms with van der Waals surface area (Å²) in [5.74, 6) is 0.711. The van der Waals surface area contributed by atoms with Gasteiger partial charge in [-0.05, 0) is 37.1 Å². The zero-order valence-corrected chi connectivity index (χ0v) is 12.2. The van der Waals surface area contributed by atoms with Gasteiger partial charge in [-0.15, -0.1) is 0 Å². The van der Waals surface area contributed by atoms with Crippen LogP contribution in [0.3, 0.4) is 0 Å². The summed E-state index contributed by atoms with van der Waals surface area (Å²) in [6, 6.07) is 9.29. The molecule has 2 atom stereocenters. The lowest BCUT2D eigenvalue weighted by Crippen LogP contribution is -2.48. The second kappa shape index (κ2) is 5.87. The number of rotatable bonds is 3. The molecule has 1 aromatic carbocycles.